The number of nitrogens with zero attached hydrogens (tertiary/aromatic N) is 1. The first-order valence-corrected chi connectivity index (χ1v) is 5.23. The van der Waals surface area contributed by atoms with Gasteiger partial charge in [0.05, 0.1) is 25.1 Å². The van der Waals surface area contributed by atoms with Crippen molar-refractivity contribution in [3.63, 3.8) is 0 Å². The van der Waals surface area contributed by atoms with Crippen LogP contribution < -0.4 is 4.74 Å². The van der Waals surface area contributed by atoms with Gasteiger partial charge < -0.3 is 14.3 Å². The number of methoxy groups -OCH3 is 1. The van der Waals surface area contributed by atoms with Crippen LogP contribution in [0, 0.1) is 0 Å². The standard InChI is InChI=1S/C12H10ClNO3/c1-16-10-6-12(15)17-11(10)7-14-9-4-2-8(13)3-5-9/h2-7,15H,1H3. The maximum Gasteiger partial charge on any atom is 0.286 e. The van der Waals surface area contributed by atoms with Crippen LogP contribution in [0.25, 0.3) is 0 Å². The lowest BCUT2D eigenvalue weighted by Gasteiger charge is -1.95. The predicted molar refractivity (Wildman–Crippen MR) is 65.6 cm³/mol. The van der Waals surface area contributed by atoms with Crippen LogP contribution in [0.2, 0.25) is 5.02 Å². The summed E-state index contributed by atoms with van der Waals surface area (Å²) in [5.41, 5.74) is 0.729. The van der Waals surface area contributed by atoms with Crippen LogP contribution in [-0.2, 0) is 0 Å². The molecule has 2 aromatic rings. The Hall–Kier alpha value is -1.94. The van der Waals surface area contributed by atoms with E-state index in [0.29, 0.717) is 16.5 Å². The van der Waals surface area contributed by atoms with Crippen LogP contribution in [-0.4, -0.2) is 18.4 Å². The van der Waals surface area contributed by atoms with Gasteiger partial charge in [0.2, 0.25) is 0 Å². The number of aromatic hydroxyl groups is 1. The summed E-state index contributed by atoms with van der Waals surface area (Å²) in [6, 6.07) is 8.40. The van der Waals surface area contributed by atoms with Crippen LogP contribution in [0.1, 0.15) is 5.76 Å². The topological polar surface area (TPSA) is 55.0 Å². The molecule has 0 spiro atoms. The molecule has 0 saturated heterocycles. The fourth-order valence-electron chi connectivity index (χ4n) is 1.29. The number of rotatable bonds is 3. The monoisotopic (exact) mass is 251 g/mol. The van der Waals surface area contributed by atoms with Gasteiger partial charge in [-0.15, -0.1) is 0 Å². The normalized spacial score (nSPS) is 10.9. The summed E-state index contributed by atoms with van der Waals surface area (Å²) < 4.78 is 10.0. The molecule has 2 rings (SSSR count). The van der Waals surface area contributed by atoms with Crippen LogP contribution >= 0.6 is 11.6 Å². The highest BCUT2D eigenvalue weighted by atomic mass is 35.5. The summed E-state index contributed by atoms with van der Waals surface area (Å²) in [4.78, 5) is 4.17. The Morgan fingerprint density at radius 3 is 2.71 bits per heavy atom. The minimum absolute atomic E-state index is 0.209. The largest absolute Gasteiger partial charge is 0.493 e. The quantitative estimate of drug-likeness (QED) is 0.851. The molecular weight excluding hydrogens is 242 g/mol. The van der Waals surface area contributed by atoms with Gasteiger partial charge in [0.15, 0.2) is 11.5 Å². The smallest absolute Gasteiger partial charge is 0.286 e. The van der Waals surface area contributed by atoms with Gasteiger partial charge in [-0.25, -0.2) is 0 Å². The SMILES string of the molecule is COc1cc(O)oc1C=Nc1ccc(Cl)cc1. The number of furan rings is 1. The molecule has 1 N–H and O–H groups in total. The summed E-state index contributed by atoms with van der Waals surface area (Å²) in [7, 11) is 1.49. The third kappa shape index (κ3) is 2.79. The Morgan fingerprint density at radius 2 is 2.06 bits per heavy atom. The fourth-order valence-corrected chi connectivity index (χ4v) is 1.41. The Kier molecular flexibility index (Phi) is 3.35. The first kappa shape index (κ1) is 11.5. The number of hydrogen-bond donors (Lipinski definition) is 1. The summed E-state index contributed by atoms with van der Waals surface area (Å²) in [5, 5.41) is 9.82. The van der Waals surface area contributed by atoms with E-state index in [9.17, 15) is 5.11 Å². The Morgan fingerprint density at radius 1 is 1.35 bits per heavy atom. The zero-order chi connectivity index (χ0) is 12.3. The summed E-state index contributed by atoms with van der Waals surface area (Å²) >= 11 is 5.76. The molecule has 0 amide bonds. The number of benzene rings is 1. The lowest BCUT2D eigenvalue weighted by Crippen LogP contribution is -1.84. The van der Waals surface area contributed by atoms with Crippen LogP contribution in [0.15, 0.2) is 39.7 Å². The minimum atomic E-state index is -0.209. The van der Waals surface area contributed by atoms with Gasteiger partial charge in [-0.2, -0.15) is 0 Å². The number of hydrogen-bond acceptors (Lipinski definition) is 4. The van der Waals surface area contributed by atoms with E-state index in [0.717, 1.165) is 5.69 Å². The summed E-state index contributed by atoms with van der Waals surface area (Å²) in [6.07, 6.45) is 1.47. The molecule has 0 aliphatic carbocycles. The maximum absolute atomic E-state index is 9.17. The van der Waals surface area contributed by atoms with Crippen molar-refractivity contribution in [1.29, 1.82) is 0 Å². The second-order valence-electron chi connectivity index (χ2n) is 3.25. The van der Waals surface area contributed by atoms with Gasteiger partial charge in [-0.1, -0.05) is 11.6 Å². The minimum Gasteiger partial charge on any atom is -0.493 e. The molecule has 0 bridgehead atoms. The molecule has 5 heteroatoms. The van der Waals surface area contributed by atoms with E-state index in [4.69, 9.17) is 20.8 Å². The molecular formula is C12H10ClNO3. The van der Waals surface area contributed by atoms with E-state index in [1.165, 1.54) is 19.4 Å². The van der Waals surface area contributed by atoms with E-state index in [1.54, 1.807) is 24.3 Å². The molecule has 88 valence electrons. The van der Waals surface area contributed by atoms with E-state index in [-0.39, 0.29) is 5.95 Å². The molecule has 1 heterocycles. The molecule has 0 unspecified atom stereocenters. The number of halogens is 1. The Bertz CT molecular complexity index is 531. The van der Waals surface area contributed by atoms with Gasteiger partial charge in [-0.05, 0) is 24.3 Å². The molecule has 0 saturated carbocycles. The van der Waals surface area contributed by atoms with Gasteiger partial charge in [-0.3, -0.25) is 4.99 Å². The summed E-state index contributed by atoms with van der Waals surface area (Å²) in [6.45, 7) is 0. The highest BCUT2D eigenvalue weighted by Gasteiger charge is 2.08. The van der Waals surface area contributed by atoms with Crippen LogP contribution in [0.5, 0.6) is 11.7 Å². The van der Waals surface area contributed by atoms with Crippen molar-refractivity contribution in [2.45, 2.75) is 0 Å². The third-order valence-electron chi connectivity index (χ3n) is 2.09. The molecule has 0 radical (unpaired) electrons. The van der Waals surface area contributed by atoms with E-state index < -0.39 is 0 Å². The van der Waals surface area contributed by atoms with Gasteiger partial charge in [0.1, 0.15) is 0 Å². The van der Waals surface area contributed by atoms with Gasteiger partial charge in [0.25, 0.3) is 5.95 Å². The molecule has 4 nitrogen and oxygen atoms in total. The molecule has 1 aromatic carbocycles. The molecule has 17 heavy (non-hydrogen) atoms. The third-order valence-corrected chi connectivity index (χ3v) is 2.34. The van der Waals surface area contributed by atoms with Crippen molar-refractivity contribution in [2.75, 3.05) is 7.11 Å². The van der Waals surface area contributed by atoms with Crippen molar-refractivity contribution in [3.8, 4) is 11.7 Å². The van der Waals surface area contributed by atoms with Crippen molar-refractivity contribution in [1.82, 2.24) is 0 Å². The van der Waals surface area contributed by atoms with E-state index >= 15 is 0 Å². The highest BCUT2D eigenvalue weighted by Crippen LogP contribution is 2.26. The van der Waals surface area contributed by atoms with Crippen molar-refractivity contribution >= 4 is 23.5 Å². The number of ether oxygens (including phenoxy) is 1. The van der Waals surface area contributed by atoms with Crippen molar-refractivity contribution < 1.29 is 14.3 Å². The highest BCUT2D eigenvalue weighted by molar-refractivity contribution is 6.30. The van der Waals surface area contributed by atoms with E-state index in [2.05, 4.69) is 4.99 Å². The van der Waals surface area contributed by atoms with Crippen LogP contribution in [0.4, 0.5) is 5.69 Å². The fraction of sp³-hybridized carbons (Fsp3) is 0.0833. The lowest BCUT2D eigenvalue weighted by atomic mass is 10.3. The second kappa shape index (κ2) is 4.93. The van der Waals surface area contributed by atoms with E-state index in [1.807, 2.05) is 0 Å². The average Bonchev–Trinajstić information content (AvgIpc) is 2.69. The molecule has 0 aliphatic rings. The Labute approximate surface area is 103 Å². The van der Waals surface area contributed by atoms with Gasteiger partial charge >= 0.3 is 0 Å². The predicted octanol–water partition coefficient (Wildman–Crippen LogP) is 3.40. The first-order chi connectivity index (χ1) is 8.19. The van der Waals surface area contributed by atoms with Crippen LogP contribution in [0.3, 0.4) is 0 Å². The molecule has 0 atom stereocenters. The second-order valence-corrected chi connectivity index (χ2v) is 3.69. The van der Waals surface area contributed by atoms with Gasteiger partial charge in [0, 0.05) is 5.02 Å². The zero-order valence-electron chi connectivity index (χ0n) is 9.05. The van der Waals surface area contributed by atoms with Crippen molar-refractivity contribution in [3.05, 3.63) is 41.1 Å². The van der Waals surface area contributed by atoms with Crippen molar-refractivity contribution in [2.24, 2.45) is 4.99 Å². The summed E-state index contributed by atoms with van der Waals surface area (Å²) in [5.74, 6) is 0.583. The number of aliphatic imine (C=N–C) groups is 1. The average molecular weight is 252 g/mol. The first-order valence-electron chi connectivity index (χ1n) is 4.85. The zero-order valence-corrected chi connectivity index (χ0v) is 9.81. The molecule has 1 aromatic heterocycles. The lowest BCUT2D eigenvalue weighted by molar-refractivity contribution is 0.329. The molecule has 0 fully saturated rings. The molecule has 0 aliphatic heterocycles. The maximum atomic E-state index is 9.17. The Balaban J connectivity index is 2.22.